The summed E-state index contributed by atoms with van der Waals surface area (Å²) in [6, 6.07) is 5.45. The number of carbonyl (C=O) groups excluding carboxylic acids is 2. The number of carbonyl (C=O) groups is 2. The average molecular weight is 264 g/mol. The van der Waals surface area contributed by atoms with E-state index in [0.29, 0.717) is 24.6 Å². The Balaban J connectivity index is 2.08. The van der Waals surface area contributed by atoms with Crippen LogP contribution in [0, 0.1) is 0 Å². The third-order valence-corrected chi connectivity index (χ3v) is 2.82. The molecule has 1 aromatic carbocycles. The number of hydrogen-bond donors (Lipinski definition) is 1. The van der Waals surface area contributed by atoms with Crippen LogP contribution in [0.5, 0.6) is 5.75 Å². The van der Waals surface area contributed by atoms with Crippen LogP contribution in [0.2, 0.25) is 0 Å². The van der Waals surface area contributed by atoms with Crippen molar-refractivity contribution in [1.82, 2.24) is 5.32 Å². The van der Waals surface area contributed by atoms with Crippen molar-refractivity contribution in [3.63, 3.8) is 0 Å². The molecule has 1 aromatic rings. The standard InChI is InChI=1S/C13H16N2O4/c1-3-18-13(17)14-7-9-4-5-11-10(6-9)15(2)12(16)8-19-11/h4-6H,3,7-8H2,1-2H3,(H,14,17). The molecule has 6 nitrogen and oxygen atoms in total. The molecule has 2 rings (SSSR count). The zero-order valence-electron chi connectivity index (χ0n) is 10.9. The van der Waals surface area contributed by atoms with Crippen molar-refractivity contribution >= 4 is 17.7 Å². The maximum Gasteiger partial charge on any atom is 0.407 e. The van der Waals surface area contributed by atoms with Crippen LogP contribution in [0.1, 0.15) is 12.5 Å². The van der Waals surface area contributed by atoms with E-state index in [0.717, 1.165) is 5.56 Å². The molecule has 0 saturated carbocycles. The van der Waals surface area contributed by atoms with Gasteiger partial charge in [-0.3, -0.25) is 4.79 Å². The second-order valence-corrected chi connectivity index (χ2v) is 4.12. The highest BCUT2D eigenvalue weighted by Gasteiger charge is 2.22. The molecule has 0 spiro atoms. The Labute approximate surface area is 111 Å². The average Bonchev–Trinajstić information content (AvgIpc) is 2.41. The lowest BCUT2D eigenvalue weighted by atomic mass is 10.1. The van der Waals surface area contributed by atoms with E-state index in [4.69, 9.17) is 9.47 Å². The Hall–Kier alpha value is -2.24. The van der Waals surface area contributed by atoms with E-state index >= 15 is 0 Å². The summed E-state index contributed by atoms with van der Waals surface area (Å²) in [6.07, 6.45) is -0.457. The first-order chi connectivity index (χ1) is 9.11. The number of amides is 2. The van der Waals surface area contributed by atoms with Gasteiger partial charge in [0.05, 0.1) is 12.3 Å². The molecular weight excluding hydrogens is 248 g/mol. The fourth-order valence-electron chi connectivity index (χ4n) is 1.78. The lowest BCUT2D eigenvalue weighted by molar-refractivity contribution is -0.120. The quantitative estimate of drug-likeness (QED) is 0.893. The second-order valence-electron chi connectivity index (χ2n) is 4.12. The molecule has 0 atom stereocenters. The number of likely N-dealkylation sites (N-methyl/N-ethyl adjacent to an activating group) is 1. The van der Waals surface area contributed by atoms with Crippen molar-refractivity contribution in [2.45, 2.75) is 13.5 Å². The van der Waals surface area contributed by atoms with Gasteiger partial charge in [0.1, 0.15) is 5.75 Å². The zero-order valence-corrected chi connectivity index (χ0v) is 10.9. The second kappa shape index (κ2) is 5.60. The first-order valence-corrected chi connectivity index (χ1v) is 6.04. The maximum absolute atomic E-state index is 11.5. The Morgan fingerprint density at radius 3 is 3.05 bits per heavy atom. The molecule has 0 radical (unpaired) electrons. The van der Waals surface area contributed by atoms with Crippen LogP contribution >= 0.6 is 0 Å². The van der Waals surface area contributed by atoms with E-state index < -0.39 is 6.09 Å². The van der Waals surface area contributed by atoms with Crippen molar-refractivity contribution < 1.29 is 19.1 Å². The van der Waals surface area contributed by atoms with Gasteiger partial charge in [0.2, 0.25) is 0 Å². The van der Waals surface area contributed by atoms with Crippen molar-refractivity contribution in [2.75, 3.05) is 25.2 Å². The smallest absolute Gasteiger partial charge is 0.407 e. The number of alkyl carbamates (subject to hydrolysis) is 1. The number of anilines is 1. The van der Waals surface area contributed by atoms with Crippen LogP contribution in [0.4, 0.5) is 10.5 Å². The number of fused-ring (bicyclic) bond motifs is 1. The van der Waals surface area contributed by atoms with E-state index in [1.54, 1.807) is 24.9 Å². The van der Waals surface area contributed by atoms with Gasteiger partial charge in [-0.25, -0.2) is 4.79 Å². The molecule has 1 aliphatic rings. The number of benzene rings is 1. The van der Waals surface area contributed by atoms with Gasteiger partial charge in [0.25, 0.3) is 5.91 Å². The Bertz CT molecular complexity index is 501. The molecule has 102 valence electrons. The van der Waals surface area contributed by atoms with Crippen LogP contribution in [0.25, 0.3) is 0 Å². The van der Waals surface area contributed by atoms with Crippen molar-refractivity contribution in [3.05, 3.63) is 23.8 Å². The summed E-state index contributed by atoms with van der Waals surface area (Å²) in [5.41, 5.74) is 1.58. The van der Waals surface area contributed by atoms with Crippen molar-refractivity contribution in [3.8, 4) is 5.75 Å². The predicted molar refractivity (Wildman–Crippen MR) is 69.2 cm³/mol. The SMILES string of the molecule is CCOC(=O)NCc1ccc2c(c1)N(C)C(=O)CO2. The monoisotopic (exact) mass is 264 g/mol. The summed E-state index contributed by atoms with van der Waals surface area (Å²) in [7, 11) is 1.70. The predicted octanol–water partition coefficient (Wildman–Crippen LogP) is 1.29. The summed E-state index contributed by atoms with van der Waals surface area (Å²) < 4.78 is 10.1. The van der Waals surface area contributed by atoms with Gasteiger partial charge < -0.3 is 19.7 Å². The van der Waals surface area contributed by atoms with Gasteiger partial charge in [-0.2, -0.15) is 0 Å². The summed E-state index contributed by atoms with van der Waals surface area (Å²) in [4.78, 5) is 24.3. The lowest BCUT2D eigenvalue weighted by Gasteiger charge is -2.26. The fraction of sp³-hybridized carbons (Fsp3) is 0.385. The summed E-state index contributed by atoms with van der Waals surface area (Å²) in [5.74, 6) is 0.574. The van der Waals surface area contributed by atoms with Crippen LogP contribution < -0.4 is 15.0 Å². The van der Waals surface area contributed by atoms with Crippen molar-refractivity contribution in [1.29, 1.82) is 0 Å². The van der Waals surface area contributed by atoms with Crippen LogP contribution in [0.15, 0.2) is 18.2 Å². The fourth-order valence-corrected chi connectivity index (χ4v) is 1.78. The molecule has 0 aliphatic carbocycles. The number of rotatable bonds is 3. The highest BCUT2D eigenvalue weighted by molar-refractivity contribution is 5.97. The molecule has 2 amide bonds. The highest BCUT2D eigenvalue weighted by atomic mass is 16.5. The minimum Gasteiger partial charge on any atom is -0.482 e. The van der Waals surface area contributed by atoms with E-state index in [-0.39, 0.29) is 12.5 Å². The Morgan fingerprint density at radius 2 is 2.32 bits per heavy atom. The van der Waals surface area contributed by atoms with Gasteiger partial charge in [-0.05, 0) is 24.6 Å². The van der Waals surface area contributed by atoms with Gasteiger partial charge >= 0.3 is 6.09 Å². The molecule has 1 aliphatic heterocycles. The Kier molecular flexibility index (Phi) is 3.89. The summed E-state index contributed by atoms with van der Waals surface area (Å²) in [5, 5.41) is 2.63. The van der Waals surface area contributed by atoms with Gasteiger partial charge in [-0.1, -0.05) is 6.07 Å². The molecule has 0 fully saturated rings. The Morgan fingerprint density at radius 1 is 1.53 bits per heavy atom. The van der Waals surface area contributed by atoms with Crippen molar-refractivity contribution in [2.24, 2.45) is 0 Å². The van der Waals surface area contributed by atoms with Crippen LogP contribution in [-0.4, -0.2) is 32.3 Å². The zero-order chi connectivity index (χ0) is 13.8. The lowest BCUT2D eigenvalue weighted by Crippen LogP contribution is -2.35. The van der Waals surface area contributed by atoms with E-state index in [1.807, 2.05) is 12.1 Å². The van der Waals surface area contributed by atoms with Crippen LogP contribution in [0.3, 0.4) is 0 Å². The summed E-state index contributed by atoms with van der Waals surface area (Å²) >= 11 is 0. The number of hydrogen-bond acceptors (Lipinski definition) is 4. The minimum absolute atomic E-state index is 0.0594. The van der Waals surface area contributed by atoms with Crippen LogP contribution in [-0.2, 0) is 16.1 Å². The molecule has 1 heterocycles. The van der Waals surface area contributed by atoms with Gasteiger partial charge in [0.15, 0.2) is 6.61 Å². The third kappa shape index (κ3) is 2.96. The first kappa shape index (κ1) is 13.2. The van der Waals surface area contributed by atoms with Gasteiger partial charge in [0, 0.05) is 13.6 Å². The molecule has 6 heteroatoms. The molecule has 0 bridgehead atoms. The molecule has 1 N–H and O–H groups in total. The molecule has 0 aromatic heterocycles. The highest BCUT2D eigenvalue weighted by Crippen LogP contribution is 2.31. The van der Waals surface area contributed by atoms with E-state index in [2.05, 4.69) is 5.32 Å². The normalized spacial score (nSPS) is 13.6. The molecule has 0 saturated heterocycles. The molecular formula is C13H16N2O4. The maximum atomic E-state index is 11.5. The van der Waals surface area contributed by atoms with E-state index in [1.165, 1.54) is 0 Å². The molecule has 19 heavy (non-hydrogen) atoms. The number of ether oxygens (including phenoxy) is 2. The van der Waals surface area contributed by atoms with Gasteiger partial charge in [-0.15, -0.1) is 0 Å². The largest absolute Gasteiger partial charge is 0.482 e. The number of nitrogens with one attached hydrogen (secondary N) is 1. The summed E-state index contributed by atoms with van der Waals surface area (Å²) in [6.45, 7) is 2.48. The topological polar surface area (TPSA) is 67.9 Å². The third-order valence-electron chi connectivity index (χ3n) is 2.82. The molecule has 0 unspecified atom stereocenters. The van der Waals surface area contributed by atoms with E-state index in [9.17, 15) is 9.59 Å². The number of nitrogens with zero attached hydrogens (tertiary/aromatic N) is 1. The minimum atomic E-state index is -0.457. The first-order valence-electron chi connectivity index (χ1n) is 6.04.